The average molecular weight is 420 g/mol. The lowest BCUT2D eigenvalue weighted by atomic mass is 10.3. The number of hydrogen-bond acceptors (Lipinski definition) is 6. The van der Waals surface area contributed by atoms with E-state index < -0.39 is 21.8 Å². The van der Waals surface area contributed by atoms with Gasteiger partial charge in [-0.2, -0.15) is 0 Å². The molecular weight excluding hydrogens is 396 g/mol. The molecule has 0 spiro atoms. The van der Waals surface area contributed by atoms with E-state index in [4.69, 9.17) is 4.74 Å². The van der Waals surface area contributed by atoms with Crippen molar-refractivity contribution in [1.29, 1.82) is 0 Å². The molecule has 0 radical (unpaired) electrons. The standard InChI is InChI=1S/C19H24N4O5S/c1-3-4-10-22-29(26,27)16-7-5-6-15(11-16)23-19(25)18(24)21-13-14-8-9-17(28-2)20-12-14/h5-9,11-12,22H,3-4,10,13H2,1-2H3,(H,21,24)(H,23,25). The number of sulfonamides is 1. The van der Waals surface area contributed by atoms with Gasteiger partial charge in [0.05, 0.1) is 12.0 Å². The van der Waals surface area contributed by atoms with Gasteiger partial charge < -0.3 is 15.4 Å². The van der Waals surface area contributed by atoms with Crippen LogP contribution in [0.1, 0.15) is 25.3 Å². The van der Waals surface area contributed by atoms with Crippen molar-refractivity contribution in [2.45, 2.75) is 31.2 Å². The van der Waals surface area contributed by atoms with Gasteiger partial charge >= 0.3 is 11.8 Å². The van der Waals surface area contributed by atoms with Crippen LogP contribution in [0, 0.1) is 0 Å². The number of benzene rings is 1. The van der Waals surface area contributed by atoms with Gasteiger partial charge in [0, 0.05) is 31.0 Å². The summed E-state index contributed by atoms with van der Waals surface area (Å²) in [7, 11) is -2.19. The molecule has 2 amide bonds. The molecule has 0 saturated heterocycles. The maximum Gasteiger partial charge on any atom is 0.313 e. The molecule has 0 saturated carbocycles. The van der Waals surface area contributed by atoms with Crippen molar-refractivity contribution in [3.8, 4) is 5.88 Å². The van der Waals surface area contributed by atoms with Gasteiger partial charge in [-0.25, -0.2) is 18.1 Å². The third kappa shape index (κ3) is 6.84. The minimum atomic E-state index is -3.68. The second-order valence-electron chi connectivity index (χ2n) is 6.12. The number of amides is 2. The molecule has 0 aliphatic rings. The van der Waals surface area contributed by atoms with E-state index in [1.165, 1.54) is 37.6 Å². The zero-order chi connectivity index (χ0) is 21.3. The van der Waals surface area contributed by atoms with Crippen LogP contribution in [0.5, 0.6) is 5.88 Å². The highest BCUT2D eigenvalue weighted by molar-refractivity contribution is 7.89. The summed E-state index contributed by atoms with van der Waals surface area (Å²) >= 11 is 0. The number of methoxy groups -OCH3 is 1. The fraction of sp³-hybridized carbons (Fsp3) is 0.316. The SMILES string of the molecule is CCCCNS(=O)(=O)c1cccc(NC(=O)C(=O)NCc2ccc(OC)nc2)c1. The first kappa shape index (κ1) is 22.3. The molecule has 9 nitrogen and oxygen atoms in total. The van der Waals surface area contributed by atoms with Crippen molar-refractivity contribution >= 4 is 27.5 Å². The highest BCUT2D eigenvalue weighted by Crippen LogP contribution is 2.15. The average Bonchev–Trinajstić information content (AvgIpc) is 2.72. The normalized spacial score (nSPS) is 11.0. The van der Waals surface area contributed by atoms with E-state index in [2.05, 4.69) is 20.3 Å². The Hall–Kier alpha value is -2.98. The first-order chi connectivity index (χ1) is 13.9. The summed E-state index contributed by atoms with van der Waals surface area (Å²) in [5, 5.41) is 4.87. The van der Waals surface area contributed by atoms with E-state index >= 15 is 0 Å². The molecule has 3 N–H and O–H groups in total. The quantitative estimate of drug-likeness (QED) is 0.416. The topological polar surface area (TPSA) is 126 Å². The summed E-state index contributed by atoms with van der Waals surface area (Å²) in [6.45, 7) is 2.40. The van der Waals surface area contributed by atoms with Crippen molar-refractivity contribution in [2.24, 2.45) is 0 Å². The highest BCUT2D eigenvalue weighted by atomic mass is 32.2. The molecule has 0 atom stereocenters. The Morgan fingerprint density at radius 2 is 1.93 bits per heavy atom. The minimum absolute atomic E-state index is 0.0103. The second-order valence-corrected chi connectivity index (χ2v) is 7.89. The van der Waals surface area contributed by atoms with E-state index in [1.807, 2.05) is 6.92 Å². The molecule has 0 unspecified atom stereocenters. The molecule has 0 aliphatic carbocycles. The Bertz CT molecular complexity index is 945. The zero-order valence-electron chi connectivity index (χ0n) is 16.3. The van der Waals surface area contributed by atoms with Crippen LogP contribution in [0.3, 0.4) is 0 Å². The Labute approximate surface area is 169 Å². The lowest BCUT2D eigenvalue weighted by Gasteiger charge is -2.09. The number of aromatic nitrogens is 1. The molecule has 1 heterocycles. The van der Waals surface area contributed by atoms with E-state index in [0.717, 1.165) is 12.8 Å². The molecule has 0 bridgehead atoms. The number of pyridine rings is 1. The van der Waals surface area contributed by atoms with Gasteiger partial charge in [0.2, 0.25) is 15.9 Å². The fourth-order valence-corrected chi connectivity index (χ4v) is 3.41. The molecule has 1 aromatic heterocycles. The molecule has 29 heavy (non-hydrogen) atoms. The summed E-state index contributed by atoms with van der Waals surface area (Å²) in [5.74, 6) is -1.31. The molecule has 0 fully saturated rings. The largest absolute Gasteiger partial charge is 0.481 e. The van der Waals surface area contributed by atoms with Gasteiger partial charge in [-0.15, -0.1) is 0 Å². The fourth-order valence-electron chi connectivity index (χ4n) is 2.29. The summed E-state index contributed by atoms with van der Waals surface area (Å²) < 4.78 is 32.0. The van der Waals surface area contributed by atoms with E-state index in [0.29, 0.717) is 18.0 Å². The van der Waals surface area contributed by atoms with Gasteiger partial charge in [-0.05, 0) is 30.2 Å². The van der Waals surface area contributed by atoms with Gasteiger partial charge in [-0.3, -0.25) is 9.59 Å². The number of nitrogens with zero attached hydrogens (tertiary/aromatic N) is 1. The number of unbranched alkanes of at least 4 members (excludes halogenated alkanes) is 1. The first-order valence-corrected chi connectivity index (χ1v) is 10.5. The monoisotopic (exact) mass is 420 g/mol. The molecule has 156 valence electrons. The summed E-state index contributed by atoms with van der Waals surface area (Å²) in [4.78, 5) is 28.1. The summed E-state index contributed by atoms with van der Waals surface area (Å²) in [6, 6.07) is 9.06. The van der Waals surface area contributed by atoms with Gasteiger partial charge in [0.1, 0.15) is 0 Å². The van der Waals surface area contributed by atoms with Crippen molar-refractivity contribution in [3.63, 3.8) is 0 Å². The Balaban J connectivity index is 1.94. The van der Waals surface area contributed by atoms with Crippen molar-refractivity contribution in [2.75, 3.05) is 19.0 Å². The number of anilines is 1. The maximum absolute atomic E-state index is 12.3. The third-order valence-electron chi connectivity index (χ3n) is 3.89. The number of hydrogen-bond donors (Lipinski definition) is 3. The summed E-state index contributed by atoms with van der Waals surface area (Å²) in [5.41, 5.74) is 0.896. The predicted octanol–water partition coefficient (Wildman–Crippen LogP) is 1.42. The highest BCUT2D eigenvalue weighted by Gasteiger charge is 2.17. The van der Waals surface area contributed by atoms with Gasteiger partial charge in [0.25, 0.3) is 0 Å². The number of carbonyl (C=O) groups excluding carboxylic acids is 2. The van der Waals surface area contributed by atoms with Crippen molar-refractivity contribution in [3.05, 3.63) is 48.2 Å². The minimum Gasteiger partial charge on any atom is -0.481 e. The number of ether oxygens (including phenoxy) is 1. The second kappa shape index (κ2) is 10.5. The van der Waals surface area contributed by atoms with Crippen LogP contribution in [-0.2, 0) is 26.2 Å². The van der Waals surface area contributed by atoms with Crippen LogP contribution in [0.25, 0.3) is 0 Å². The molecule has 2 aromatic rings. The van der Waals surface area contributed by atoms with Crippen molar-refractivity contribution < 1.29 is 22.7 Å². The molecule has 0 aliphatic heterocycles. The summed E-state index contributed by atoms with van der Waals surface area (Å²) in [6.07, 6.45) is 3.11. The Morgan fingerprint density at radius 1 is 1.14 bits per heavy atom. The molecule has 10 heteroatoms. The predicted molar refractivity (Wildman–Crippen MR) is 108 cm³/mol. The van der Waals surface area contributed by atoms with Crippen LogP contribution in [0.4, 0.5) is 5.69 Å². The van der Waals surface area contributed by atoms with Crippen molar-refractivity contribution in [1.82, 2.24) is 15.0 Å². The smallest absolute Gasteiger partial charge is 0.313 e. The Morgan fingerprint density at radius 3 is 2.59 bits per heavy atom. The van der Waals surface area contributed by atoms with Crippen LogP contribution >= 0.6 is 0 Å². The molecule has 1 aromatic carbocycles. The van der Waals surface area contributed by atoms with Crippen LogP contribution in [0.15, 0.2) is 47.5 Å². The van der Waals surface area contributed by atoms with Crippen LogP contribution < -0.4 is 20.1 Å². The van der Waals surface area contributed by atoms with Crippen LogP contribution in [0.2, 0.25) is 0 Å². The van der Waals surface area contributed by atoms with E-state index in [-0.39, 0.29) is 17.1 Å². The number of carbonyl (C=O) groups is 2. The lowest BCUT2D eigenvalue weighted by molar-refractivity contribution is -0.136. The Kier molecular flexibility index (Phi) is 8.10. The lowest BCUT2D eigenvalue weighted by Crippen LogP contribution is -2.35. The number of nitrogens with one attached hydrogen (secondary N) is 3. The first-order valence-electron chi connectivity index (χ1n) is 9.03. The molecular formula is C19H24N4O5S. The van der Waals surface area contributed by atoms with E-state index in [1.54, 1.807) is 12.1 Å². The van der Waals surface area contributed by atoms with E-state index in [9.17, 15) is 18.0 Å². The number of rotatable bonds is 9. The van der Waals surface area contributed by atoms with Gasteiger partial charge in [-0.1, -0.05) is 25.5 Å². The molecule has 2 rings (SSSR count). The van der Waals surface area contributed by atoms with Crippen LogP contribution in [-0.4, -0.2) is 38.9 Å². The third-order valence-corrected chi connectivity index (χ3v) is 5.35. The van der Waals surface area contributed by atoms with Gasteiger partial charge in [0.15, 0.2) is 0 Å². The maximum atomic E-state index is 12.3. The zero-order valence-corrected chi connectivity index (χ0v) is 17.1.